The molecule has 0 heterocycles. The molecule has 0 aliphatic rings. The molecule has 3 heteroatoms. The molecule has 0 aromatic heterocycles. The SMILES string of the molecule is CCC(C)CNCC(=O)Nc1ccc(C)cc1. The first kappa shape index (κ1) is 13.7. The molecule has 3 nitrogen and oxygen atoms in total. The maximum atomic E-state index is 11.6. The predicted molar refractivity (Wildman–Crippen MR) is 72.1 cm³/mol. The van der Waals surface area contributed by atoms with Gasteiger partial charge in [0, 0.05) is 5.69 Å². The Morgan fingerprint density at radius 1 is 1.29 bits per heavy atom. The Kier molecular flexibility index (Phi) is 5.70. The van der Waals surface area contributed by atoms with E-state index in [0.717, 1.165) is 18.7 Å². The number of hydrogen-bond donors (Lipinski definition) is 2. The van der Waals surface area contributed by atoms with Gasteiger partial charge in [0.1, 0.15) is 0 Å². The summed E-state index contributed by atoms with van der Waals surface area (Å²) < 4.78 is 0. The first-order valence-corrected chi connectivity index (χ1v) is 6.19. The topological polar surface area (TPSA) is 41.1 Å². The second-order valence-corrected chi connectivity index (χ2v) is 4.56. The van der Waals surface area contributed by atoms with Crippen LogP contribution in [-0.4, -0.2) is 19.0 Å². The molecule has 1 unspecified atom stereocenters. The van der Waals surface area contributed by atoms with Gasteiger partial charge in [-0.2, -0.15) is 0 Å². The molecule has 1 rings (SSSR count). The number of aryl methyl sites for hydroxylation is 1. The van der Waals surface area contributed by atoms with Crippen LogP contribution in [0, 0.1) is 12.8 Å². The highest BCUT2D eigenvalue weighted by Gasteiger charge is 2.03. The van der Waals surface area contributed by atoms with Gasteiger partial charge in [0.05, 0.1) is 6.54 Å². The second-order valence-electron chi connectivity index (χ2n) is 4.56. The van der Waals surface area contributed by atoms with Crippen molar-refractivity contribution in [2.75, 3.05) is 18.4 Å². The summed E-state index contributed by atoms with van der Waals surface area (Å²) in [4.78, 5) is 11.6. The number of anilines is 1. The van der Waals surface area contributed by atoms with Gasteiger partial charge in [-0.3, -0.25) is 4.79 Å². The van der Waals surface area contributed by atoms with Gasteiger partial charge in [0.2, 0.25) is 5.91 Å². The fourth-order valence-electron chi connectivity index (χ4n) is 1.42. The molecule has 0 aliphatic carbocycles. The third kappa shape index (κ3) is 5.50. The molecule has 1 amide bonds. The van der Waals surface area contributed by atoms with Crippen LogP contribution in [0.4, 0.5) is 5.69 Å². The summed E-state index contributed by atoms with van der Waals surface area (Å²) in [6, 6.07) is 7.81. The van der Waals surface area contributed by atoms with Crippen molar-refractivity contribution in [3.8, 4) is 0 Å². The number of benzene rings is 1. The quantitative estimate of drug-likeness (QED) is 0.794. The number of rotatable bonds is 6. The number of hydrogen-bond acceptors (Lipinski definition) is 2. The van der Waals surface area contributed by atoms with E-state index in [1.807, 2.05) is 31.2 Å². The maximum Gasteiger partial charge on any atom is 0.238 e. The van der Waals surface area contributed by atoms with Crippen LogP contribution in [0.2, 0.25) is 0 Å². The van der Waals surface area contributed by atoms with Crippen LogP contribution in [0.3, 0.4) is 0 Å². The molecular formula is C14H22N2O. The zero-order valence-electron chi connectivity index (χ0n) is 10.9. The zero-order valence-corrected chi connectivity index (χ0v) is 10.9. The van der Waals surface area contributed by atoms with Gasteiger partial charge in [0.25, 0.3) is 0 Å². The Morgan fingerprint density at radius 2 is 1.94 bits per heavy atom. The van der Waals surface area contributed by atoms with Crippen molar-refractivity contribution >= 4 is 11.6 Å². The van der Waals surface area contributed by atoms with Crippen LogP contribution < -0.4 is 10.6 Å². The van der Waals surface area contributed by atoms with Gasteiger partial charge < -0.3 is 10.6 Å². The average Bonchev–Trinajstić information content (AvgIpc) is 2.32. The lowest BCUT2D eigenvalue weighted by Gasteiger charge is -2.10. The van der Waals surface area contributed by atoms with Crippen molar-refractivity contribution in [3.63, 3.8) is 0 Å². The summed E-state index contributed by atoms with van der Waals surface area (Å²) in [5, 5.41) is 6.01. The molecule has 0 aliphatic heterocycles. The van der Waals surface area contributed by atoms with E-state index < -0.39 is 0 Å². The van der Waals surface area contributed by atoms with E-state index in [1.165, 1.54) is 5.56 Å². The summed E-state index contributed by atoms with van der Waals surface area (Å²) in [5.74, 6) is 0.624. The van der Waals surface area contributed by atoms with E-state index >= 15 is 0 Å². The van der Waals surface area contributed by atoms with Crippen LogP contribution >= 0.6 is 0 Å². The first-order chi connectivity index (χ1) is 8.11. The van der Waals surface area contributed by atoms with Crippen LogP contribution in [0.25, 0.3) is 0 Å². The zero-order chi connectivity index (χ0) is 12.7. The van der Waals surface area contributed by atoms with Crippen molar-refractivity contribution in [2.45, 2.75) is 27.2 Å². The van der Waals surface area contributed by atoms with Gasteiger partial charge >= 0.3 is 0 Å². The third-order valence-electron chi connectivity index (χ3n) is 2.81. The molecule has 0 saturated heterocycles. The Labute approximate surface area is 104 Å². The summed E-state index contributed by atoms with van der Waals surface area (Å²) in [7, 11) is 0. The fraction of sp³-hybridized carbons (Fsp3) is 0.500. The number of nitrogens with one attached hydrogen (secondary N) is 2. The molecule has 17 heavy (non-hydrogen) atoms. The largest absolute Gasteiger partial charge is 0.325 e. The van der Waals surface area contributed by atoms with Gasteiger partial charge in [-0.1, -0.05) is 38.0 Å². The van der Waals surface area contributed by atoms with E-state index in [4.69, 9.17) is 0 Å². The van der Waals surface area contributed by atoms with E-state index in [-0.39, 0.29) is 5.91 Å². The fourth-order valence-corrected chi connectivity index (χ4v) is 1.42. The van der Waals surface area contributed by atoms with E-state index in [2.05, 4.69) is 24.5 Å². The normalized spacial score (nSPS) is 12.2. The van der Waals surface area contributed by atoms with Gasteiger partial charge in [0.15, 0.2) is 0 Å². The molecule has 94 valence electrons. The smallest absolute Gasteiger partial charge is 0.238 e. The molecule has 0 saturated carbocycles. The Morgan fingerprint density at radius 3 is 2.53 bits per heavy atom. The highest BCUT2D eigenvalue weighted by molar-refractivity contribution is 5.92. The minimum Gasteiger partial charge on any atom is -0.325 e. The molecule has 0 spiro atoms. The molecule has 0 radical (unpaired) electrons. The minimum absolute atomic E-state index is 0.0113. The summed E-state index contributed by atoms with van der Waals surface area (Å²) in [5.41, 5.74) is 2.05. The van der Waals surface area contributed by atoms with Crippen molar-refractivity contribution in [1.82, 2.24) is 5.32 Å². The third-order valence-corrected chi connectivity index (χ3v) is 2.81. The Hall–Kier alpha value is -1.35. The van der Waals surface area contributed by atoms with Crippen LogP contribution in [0.1, 0.15) is 25.8 Å². The van der Waals surface area contributed by atoms with E-state index in [9.17, 15) is 4.79 Å². The molecule has 0 fully saturated rings. The van der Waals surface area contributed by atoms with Crippen molar-refractivity contribution in [3.05, 3.63) is 29.8 Å². The molecule has 2 N–H and O–H groups in total. The first-order valence-electron chi connectivity index (χ1n) is 6.19. The average molecular weight is 234 g/mol. The minimum atomic E-state index is 0.0113. The van der Waals surface area contributed by atoms with Crippen molar-refractivity contribution in [1.29, 1.82) is 0 Å². The molecular weight excluding hydrogens is 212 g/mol. The van der Waals surface area contributed by atoms with Crippen LogP contribution in [0.5, 0.6) is 0 Å². The number of amides is 1. The molecule has 1 aromatic carbocycles. The van der Waals surface area contributed by atoms with Gasteiger partial charge in [-0.25, -0.2) is 0 Å². The van der Waals surface area contributed by atoms with Gasteiger partial charge in [-0.05, 0) is 31.5 Å². The lowest BCUT2D eigenvalue weighted by molar-refractivity contribution is -0.115. The van der Waals surface area contributed by atoms with Crippen molar-refractivity contribution in [2.24, 2.45) is 5.92 Å². The number of carbonyl (C=O) groups excluding carboxylic acids is 1. The highest BCUT2D eigenvalue weighted by atomic mass is 16.1. The highest BCUT2D eigenvalue weighted by Crippen LogP contribution is 2.07. The predicted octanol–water partition coefficient (Wildman–Crippen LogP) is 2.57. The summed E-state index contributed by atoms with van der Waals surface area (Å²) in [6.07, 6.45) is 1.13. The van der Waals surface area contributed by atoms with Crippen LogP contribution in [-0.2, 0) is 4.79 Å². The number of carbonyl (C=O) groups is 1. The molecule has 1 aromatic rings. The van der Waals surface area contributed by atoms with E-state index in [1.54, 1.807) is 0 Å². The second kappa shape index (κ2) is 7.07. The standard InChI is InChI=1S/C14H22N2O/c1-4-11(2)9-15-10-14(17)16-13-7-5-12(3)6-8-13/h5-8,11,15H,4,9-10H2,1-3H3,(H,16,17). The Balaban J connectivity index is 2.27. The summed E-state index contributed by atoms with van der Waals surface area (Å²) in [6.45, 7) is 7.61. The maximum absolute atomic E-state index is 11.6. The lowest BCUT2D eigenvalue weighted by Crippen LogP contribution is -2.31. The van der Waals surface area contributed by atoms with Gasteiger partial charge in [-0.15, -0.1) is 0 Å². The molecule has 0 bridgehead atoms. The molecule has 1 atom stereocenters. The van der Waals surface area contributed by atoms with Crippen LogP contribution in [0.15, 0.2) is 24.3 Å². The van der Waals surface area contributed by atoms with Crippen molar-refractivity contribution < 1.29 is 4.79 Å². The Bertz CT molecular complexity index is 346. The monoisotopic (exact) mass is 234 g/mol. The van der Waals surface area contributed by atoms with E-state index in [0.29, 0.717) is 12.5 Å². The lowest BCUT2D eigenvalue weighted by atomic mass is 10.1. The summed E-state index contributed by atoms with van der Waals surface area (Å²) >= 11 is 0.